The van der Waals surface area contributed by atoms with Crippen molar-refractivity contribution in [3.8, 4) is 11.5 Å². The van der Waals surface area contributed by atoms with Crippen LogP contribution < -0.4 is 31.2 Å². The van der Waals surface area contributed by atoms with Crippen molar-refractivity contribution in [2.45, 2.75) is 95.6 Å². The number of carbonyl (C=O) groups excluding carboxylic acids is 5. The van der Waals surface area contributed by atoms with E-state index in [0.29, 0.717) is 24.5 Å². The van der Waals surface area contributed by atoms with E-state index in [1.54, 1.807) is 38.4 Å². The Morgan fingerprint density at radius 3 is 2.14 bits per heavy atom. The van der Waals surface area contributed by atoms with E-state index in [-0.39, 0.29) is 56.6 Å². The first-order chi connectivity index (χ1) is 20.7. The normalized spacial score (nSPS) is 20.1. The molecule has 2 atom stereocenters. The van der Waals surface area contributed by atoms with Crippen LogP contribution in [0.4, 0.5) is 0 Å². The molecule has 12 nitrogen and oxygen atoms in total. The van der Waals surface area contributed by atoms with Crippen molar-refractivity contribution in [1.82, 2.24) is 20.9 Å². The van der Waals surface area contributed by atoms with Gasteiger partial charge in [-0.15, -0.1) is 0 Å². The van der Waals surface area contributed by atoms with Crippen LogP contribution in [0.5, 0.6) is 11.5 Å². The molecule has 0 saturated carbocycles. The summed E-state index contributed by atoms with van der Waals surface area (Å²) in [6, 6.07) is 5.24. The zero-order valence-corrected chi connectivity index (χ0v) is 25.7. The second-order valence-corrected chi connectivity index (χ2v) is 10.9. The number of carbonyl (C=O) groups is 5. The van der Waals surface area contributed by atoms with Crippen molar-refractivity contribution in [2.75, 3.05) is 33.9 Å². The summed E-state index contributed by atoms with van der Waals surface area (Å²) >= 11 is 0. The largest absolute Gasteiger partial charge is 0.497 e. The van der Waals surface area contributed by atoms with Crippen molar-refractivity contribution in [3.05, 3.63) is 24.3 Å². The van der Waals surface area contributed by atoms with Crippen LogP contribution in [0.2, 0.25) is 0 Å². The van der Waals surface area contributed by atoms with Crippen molar-refractivity contribution in [1.29, 1.82) is 0 Å². The minimum absolute atomic E-state index is 0.0459. The summed E-state index contributed by atoms with van der Waals surface area (Å²) in [5.41, 5.74) is 5.28. The number of primary amides is 1. The molecule has 0 spiro atoms. The second-order valence-electron chi connectivity index (χ2n) is 10.9. The molecule has 1 aromatic rings. The minimum atomic E-state index is -0.924. The van der Waals surface area contributed by atoms with E-state index in [9.17, 15) is 24.0 Å². The minimum Gasteiger partial charge on any atom is -0.497 e. The molecule has 12 heteroatoms. The van der Waals surface area contributed by atoms with Crippen LogP contribution in [0.25, 0.3) is 0 Å². The van der Waals surface area contributed by atoms with Crippen LogP contribution in [-0.4, -0.2) is 80.4 Å². The van der Waals surface area contributed by atoms with E-state index in [2.05, 4.69) is 16.0 Å². The van der Waals surface area contributed by atoms with Gasteiger partial charge in [-0.2, -0.15) is 0 Å². The van der Waals surface area contributed by atoms with E-state index in [1.165, 1.54) is 4.90 Å². The monoisotopic (exact) mass is 603 g/mol. The molecular formula is C31H49N5O7. The van der Waals surface area contributed by atoms with Crippen LogP contribution in [-0.2, 0) is 24.0 Å². The fourth-order valence-electron chi connectivity index (χ4n) is 4.78. The summed E-state index contributed by atoms with van der Waals surface area (Å²) in [4.78, 5) is 64.6. The van der Waals surface area contributed by atoms with Crippen molar-refractivity contribution in [3.63, 3.8) is 0 Å². The number of hydrogen-bond acceptors (Lipinski definition) is 7. The zero-order valence-electron chi connectivity index (χ0n) is 25.7. The van der Waals surface area contributed by atoms with Gasteiger partial charge in [0.1, 0.15) is 30.2 Å². The number of nitrogens with one attached hydrogen (secondary N) is 3. The molecule has 0 bridgehead atoms. The van der Waals surface area contributed by atoms with E-state index in [1.807, 2.05) is 0 Å². The molecule has 0 radical (unpaired) electrons. The number of hydrogen-bond donors (Lipinski definition) is 4. The summed E-state index contributed by atoms with van der Waals surface area (Å²) in [6.45, 7) is 0.976. The maximum absolute atomic E-state index is 13.4. The number of amides is 5. The van der Waals surface area contributed by atoms with Gasteiger partial charge in [0, 0.05) is 32.9 Å². The summed E-state index contributed by atoms with van der Waals surface area (Å²) in [7, 11) is 3.20. The quantitative estimate of drug-likeness (QED) is 0.335. The van der Waals surface area contributed by atoms with Crippen molar-refractivity contribution < 1.29 is 33.4 Å². The summed E-state index contributed by atoms with van der Waals surface area (Å²) < 4.78 is 10.9. The Bertz CT molecular complexity index is 1030. The third kappa shape index (κ3) is 14.8. The molecule has 2 rings (SSSR count). The van der Waals surface area contributed by atoms with Gasteiger partial charge in [-0.3, -0.25) is 24.0 Å². The van der Waals surface area contributed by atoms with Gasteiger partial charge in [0.25, 0.3) is 0 Å². The van der Waals surface area contributed by atoms with E-state index < -0.39 is 23.9 Å². The molecule has 0 unspecified atom stereocenters. The Balaban J connectivity index is 2.04. The Morgan fingerprint density at radius 2 is 1.49 bits per heavy atom. The highest BCUT2D eigenvalue weighted by Crippen LogP contribution is 2.17. The number of methoxy groups -OCH3 is 1. The van der Waals surface area contributed by atoms with Gasteiger partial charge in [-0.05, 0) is 49.9 Å². The van der Waals surface area contributed by atoms with Crippen LogP contribution in [0.3, 0.4) is 0 Å². The topological polar surface area (TPSA) is 169 Å². The van der Waals surface area contributed by atoms with Gasteiger partial charge in [0.2, 0.25) is 29.5 Å². The summed E-state index contributed by atoms with van der Waals surface area (Å²) in [6.07, 6.45) is 7.98. The SMILES string of the molecule is COc1ccc(OCCN(C)C(=O)[C@@H]2CCC(=O)N[C@@H](CCC(N)=O)C(=O)NCCCCCCCCCCC(=O)N2)cc1. The lowest BCUT2D eigenvalue weighted by Gasteiger charge is -2.25. The number of nitrogens with two attached hydrogens (primary N) is 1. The molecule has 240 valence electrons. The van der Waals surface area contributed by atoms with E-state index in [4.69, 9.17) is 15.2 Å². The number of nitrogens with zero attached hydrogens (tertiary/aromatic N) is 1. The Hall–Kier alpha value is -3.83. The Labute approximate surface area is 254 Å². The molecule has 43 heavy (non-hydrogen) atoms. The number of rotatable bonds is 9. The highest BCUT2D eigenvalue weighted by Gasteiger charge is 2.26. The van der Waals surface area contributed by atoms with Gasteiger partial charge in [-0.1, -0.05) is 38.5 Å². The molecule has 0 aromatic heterocycles. The van der Waals surface area contributed by atoms with Gasteiger partial charge in [-0.25, -0.2) is 0 Å². The van der Waals surface area contributed by atoms with Gasteiger partial charge in [0.15, 0.2) is 0 Å². The van der Waals surface area contributed by atoms with Crippen molar-refractivity contribution >= 4 is 29.5 Å². The zero-order chi connectivity index (χ0) is 31.5. The third-order valence-corrected chi connectivity index (χ3v) is 7.39. The molecule has 1 heterocycles. The highest BCUT2D eigenvalue weighted by atomic mass is 16.5. The van der Waals surface area contributed by atoms with Crippen LogP contribution in [0.1, 0.15) is 83.5 Å². The molecule has 1 aliphatic heterocycles. The predicted molar refractivity (Wildman–Crippen MR) is 162 cm³/mol. The van der Waals surface area contributed by atoms with Crippen LogP contribution >= 0.6 is 0 Å². The maximum Gasteiger partial charge on any atom is 0.245 e. The smallest absolute Gasteiger partial charge is 0.245 e. The molecule has 1 aromatic carbocycles. The molecular weight excluding hydrogens is 554 g/mol. The lowest BCUT2D eigenvalue weighted by molar-refractivity contribution is -0.136. The molecule has 5 N–H and O–H groups in total. The highest BCUT2D eigenvalue weighted by molar-refractivity contribution is 5.90. The van der Waals surface area contributed by atoms with Gasteiger partial charge < -0.3 is 36.1 Å². The maximum atomic E-state index is 13.4. The van der Waals surface area contributed by atoms with Crippen molar-refractivity contribution in [2.24, 2.45) is 5.73 Å². The standard InChI is InChI=1S/C31H49N5O7/c1-36(21-22-43-24-14-12-23(42-2)13-15-24)31(41)26-17-19-29(39)34-25(16-18-27(32)37)30(40)33-20-10-8-6-4-3-5-7-9-11-28(38)35-26/h12-15,25-26H,3-11,16-22H2,1-2H3,(H2,32,37)(H,33,40)(H,34,39)(H,35,38)/t25-,26-/m0/s1. The van der Waals surface area contributed by atoms with Gasteiger partial charge >= 0.3 is 0 Å². The number of benzene rings is 1. The summed E-state index contributed by atoms with van der Waals surface area (Å²) in [5, 5.41) is 8.34. The fourth-order valence-corrected chi connectivity index (χ4v) is 4.78. The fraction of sp³-hybridized carbons (Fsp3) is 0.645. The lowest BCUT2D eigenvalue weighted by atomic mass is 10.1. The Morgan fingerprint density at radius 1 is 0.884 bits per heavy atom. The van der Waals surface area contributed by atoms with E-state index >= 15 is 0 Å². The third-order valence-electron chi connectivity index (χ3n) is 7.39. The van der Waals surface area contributed by atoms with Gasteiger partial charge in [0.05, 0.1) is 13.7 Å². The molecule has 1 aliphatic rings. The molecule has 5 amide bonds. The number of ether oxygens (including phenoxy) is 2. The first kappa shape index (κ1) is 35.4. The second kappa shape index (κ2) is 20.1. The lowest BCUT2D eigenvalue weighted by Crippen LogP contribution is -2.50. The van der Waals surface area contributed by atoms with Crippen LogP contribution in [0.15, 0.2) is 24.3 Å². The van der Waals surface area contributed by atoms with Crippen LogP contribution in [0, 0.1) is 0 Å². The first-order valence-electron chi connectivity index (χ1n) is 15.4. The molecule has 0 aliphatic carbocycles. The first-order valence-corrected chi connectivity index (χ1v) is 15.4. The molecule has 1 saturated heterocycles. The average molecular weight is 604 g/mol. The Kier molecular flexibility index (Phi) is 16.6. The predicted octanol–water partition coefficient (Wildman–Crippen LogP) is 2.19. The summed E-state index contributed by atoms with van der Waals surface area (Å²) in [5.74, 6) is -0.654. The average Bonchev–Trinajstić information content (AvgIpc) is 2.99. The number of likely N-dealkylation sites (N-methyl/N-ethyl adjacent to an activating group) is 1. The molecule has 1 fully saturated rings. The van der Waals surface area contributed by atoms with E-state index in [0.717, 1.165) is 51.4 Å².